The van der Waals surface area contributed by atoms with Crippen molar-refractivity contribution in [2.45, 2.75) is 25.7 Å². The normalized spacial score (nSPS) is 27.8. The third-order valence-electron chi connectivity index (χ3n) is 3.49. The van der Waals surface area contributed by atoms with Gasteiger partial charge in [-0.1, -0.05) is 19.3 Å². The Morgan fingerprint density at radius 1 is 1.25 bits per heavy atom. The van der Waals surface area contributed by atoms with E-state index in [9.17, 15) is 0 Å². The van der Waals surface area contributed by atoms with E-state index in [2.05, 4.69) is 0 Å². The van der Waals surface area contributed by atoms with E-state index < -0.39 is 0 Å². The smallest absolute Gasteiger partial charge is 0.0519 e. The van der Waals surface area contributed by atoms with Crippen molar-refractivity contribution in [1.29, 1.82) is 0 Å². The number of aliphatic hydroxyl groups is 1. The van der Waals surface area contributed by atoms with Crippen LogP contribution in [0.4, 0.5) is 0 Å². The average Bonchev–Trinajstić information content (AvgIpc) is 1.79. The van der Waals surface area contributed by atoms with Gasteiger partial charge in [-0.15, -0.1) is 0 Å². The molecule has 0 amide bonds. The number of aliphatic hydroxyl groups excluding tert-OH is 1. The van der Waals surface area contributed by atoms with Crippen LogP contribution in [-0.4, -0.2) is 24.9 Å². The molecule has 0 spiro atoms. The second-order valence-corrected chi connectivity index (χ2v) is 4.16. The molecule has 0 aromatic rings. The van der Waals surface area contributed by atoms with Gasteiger partial charge in [0.25, 0.3) is 0 Å². The topological polar surface area (TPSA) is 29.5 Å². The summed E-state index contributed by atoms with van der Waals surface area (Å²) in [6, 6.07) is 0. The Morgan fingerprint density at radius 3 is 2.33 bits per heavy atom. The van der Waals surface area contributed by atoms with Crippen molar-refractivity contribution in [2.75, 3.05) is 19.8 Å². The first-order valence-electron chi connectivity index (χ1n) is 5.10. The molecular weight excluding hydrogens is 152 g/mol. The summed E-state index contributed by atoms with van der Waals surface area (Å²) < 4.78 is 5.20. The van der Waals surface area contributed by atoms with Crippen molar-refractivity contribution in [3.63, 3.8) is 0 Å². The molecule has 1 heterocycles. The van der Waals surface area contributed by atoms with E-state index in [-0.39, 0.29) is 0 Å². The lowest BCUT2D eigenvalue weighted by atomic mass is 9.69. The molecule has 1 unspecified atom stereocenters. The van der Waals surface area contributed by atoms with Crippen LogP contribution in [0.15, 0.2) is 0 Å². The van der Waals surface area contributed by atoms with Crippen molar-refractivity contribution >= 4 is 0 Å². The lowest BCUT2D eigenvalue weighted by molar-refractivity contribution is -0.0862. The van der Waals surface area contributed by atoms with Crippen LogP contribution in [0.2, 0.25) is 0 Å². The van der Waals surface area contributed by atoms with E-state index in [0.717, 1.165) is 37.4 Å². The van der Waals surface area contributed by atoms with E-state index in [4.69, 9.17) is 9.84 Å². The van der Waals surface area contributed by atoms with Crippen LogP contribution >= 0.6 is 0 Å². The molecule has 2 aliphatic rings. The quantitative estimate of drug-likeness (QED) is 0.691. The highest BCUT2D eigenvalue weighted by Crippen LogP contribution is 2.41. The summed E-state index contributed by atoms with van der Waals surface area (Å²) in [5.41, 5.74) is 0. The van der Waals surface area contributed by atoms with Crippen LogP contribution in [-0.2, 0) is 4.74 Å². The van der Waals surface area contributed by atoms with Gasteiger partial charge in [-0.25, -0.2) is 0 Å². The van der Waals surface area contributed by atoms with Crippen LogP contribution < -0.4 is 0 Å². The van der Waals surface area contributed by atoms with Crippen molar-refractivity contribution in [3.8, 4) is 0 Å². The second kappa shape index (κ2) is 3.75. The van der Waals surface area contributed by atoms with Gasteiger partial charge in [-0.2, -0.15) is 0 Å². The minimum absolute atomic E-state index is 0.359. The number of hydrogen-bond donors (Lipinski definition) is 1. The van der Waals surface area contributed by atoms with Gasteiger partial charge < -0.3 is 9.84 Å². The number of hydrogen-bond acceptors (Lipinski definition) is 2. The maximum Gasteiger partial charge on any atom is 0.0519 e. The summed E-state index contributed by atoms with van der Waals surface area (Å²) in [4.78, 5) is 0. The van der Waals surface area contributed by atoms with Gasteiger partial charge in [0.1, 0.15) is 0 Å². The molecule has 1 aliphatic heterocycles. The summed E-state index contributed by atoms with van der Waals surface area (Å²) in [5, 5.41) is 8.93. The molecule has 1 saturated heterocycles. The molecule has 1 saturated carbocycles. The molecule has 2 rings (SSSR count). The summed E-state index contributed by atoms with van der Waals surface area (Å²) in [5.74, 6) is 2.44. The fourth-order valence-corrected chi connectivity index (χ4v) is 2.37. The molecule has 70 valence electrons. The van der Waals surface area contributed by atoms with Crippen LogP contribution in [0.5, 0.6) is 0 Å². The molecule has 1 aliphatic carbocycles. The molecule has 1 N–H and O–H groups in total. The molecule has 0 aromatic carbocycles. The Bertz CT molecular complexity index is 125. The van der Waals surface area contributed by atoms with Crippen molar-refractivity contribution in [2.24, 2.45) is 17.8 Å². The van der Waals surface area contributed by atoms with E-state index in [1.807, 2.05) is 0 Å². The monoisotopic (exact) mass is 170 g/mol. The average molecular weight is 170 g/mol. The van der Waals surface area contributed by atoms with Gasteiger partial charge in [0.2, 0.25) is 0 Å². The molecule has 1 atom stereocenters. The summed E-state index contributed by atoms with van der Waals surface area (Å²) >= 11 is 0. The van der Waals surface area contributed by atoms with Crippen LogP contribution in [0, 0.1) is 17.8 Å². The molecule has 0 bridgehead atoms. The molecule has 12 heavy (non-hydrogen) atoms. The third-order valence-corrected chi connectivity index (χ3v) is 3.49. The molecular formula is C10H18O2. The van der Waals surface area contributed by atoms with Crippen LogP contribution in [0.25, 0.3) is 0 Å². The Kier molecular flexibility index (Phi) is 2.66. The number of ether oxygens (including phenoxy) is 1. The Balaban J connectivity index is 1.82. The predicted octanol–water partition coefficient (Wildman–Crippen LogP) is 1.43. The van der Waals surface area contributed by atoms with E-state index in [1.54, 1.807) is 0 Å². The minimum Gasteiger partial charge on any atom is -0.396 e. The first-order chi connectivity index (χ1) is 5.92. The molecule has 0 radical (unpaired) electrons. The first kappa shape index (κ1) is 8.52. The molecule has 0 aromatic heterocycles. The summed E-state index contributed by atoms with van der Waals surface area (Å²) in [6.07, 6.45) is 5.18. The second-order valence-electron chi connectivity index (χ2n) is 4.16. The molecule has 2 fully saturated rings. The van der Waals surface area contributed by atoms with Gasteiger partial charge in [0.05, 0.1) is 13.2 Å². The van der Waals surface area contributed by atoms with Crippen molar-refractivity contribution in [1.82, 2.24) is 0 Å². The van der Waals surface area contributed by atoms with Gasteiger partial charge in [-0.05, 0) is 18.3 Å². The maximum absolute atomic E-state index is 8.93. The predicted molar refractivity (Wildman–Crippen MR) is 46.8 cm³/mol. The first-order valence-corrected chi connectivity index (χ1v) is 5.10. The number of rotatable bonds is 4. The summed E-state index contributed by atoms with van der Waals surface area (Å²) in [7, 11) is 0. The zero-order valence-electron chi connectivity index (χ0n) is 7.54. The molecule has 2 nitrogen and oxygen atoms in total. The van der Waals surface area contributed by atoms with Crippen molar-refractivity contribution < 1.29 is 9.84 Å². The summed E-state index contributed by atoms with van der Waals surface area (Å²) in [6.45, 7) is 2.25. The van der Waals surface area contributed by atoms with Gasteiger partial charge in [0.15, 0.2) is 0 Å². The highest BCUT2D eigenvalue weighted by molar-refractivity contribution is 4.84. The van der Waals surface area contributed by atoms with E-state index in [0.29, 0.717) is 6.61 Å². The zero-order chi connectivity index (χ0) is 8.39. The third kappa shape index (κ3) is 1.50. The van der Waals surface area contributed by atoms with Crippen molar-refractivity contribution in [3.05, 3.63) is 0 Å². The SMILES string of the molecule is OCCC(C1CCC1)C1COC1. The lowest BCUT2D eigenvalue weighted by Gasteiger charge is -2.42. The van der Waals surface area contributed by atoms with Crippen LogP contribution in [0.3, 0.4) is 0 Å². The highest BCUT2D eigenvalue weighted by Gasteiger charge is 2.36. The Hall–Kier alpha value is -0.0800. The largest absolute Gasteiger partial charge is 0.396 e. The fraction of sp³-hybridized carbons (Fsp3) is 1.00. The fourth-order valence-electron chi connectivity index (χ4n) is 2.37. The van der Waals surface area contributed by atoms with Gasteiger partial charge >= 0.3 is 0 Å². The zero-order valence-corrected chi connectivity index (χ0v) is 7.54. The standard InChI is InChI=1S/C10H18O2/c11-5-4-10(8-2-1-3-8)9-6-12-7-9/h8-11H,1-7H2. The van der Waals surface area contributed by atoms with Gasteiger partial charge in [-0.3, -0.25) is 0 Å². The van der Waals surface area contributed by atoms with Crippen LogP contribution in [0.1, 0.15) is 25.7 Å². The maximum atomic E-state index is 8.93. The minimum atomic E-state index is 0.359. The van der Waals surface area contributed by atoms with E-state index >= 15 is 0 Å². The molecule has 2 heteroatoms. The lowest BCUT2D eigenvalue weighted by Crippen LogP contribution is -2.40. The Labute approximate surface area is 73.9 Å². The Morgan fingerprint density at radius 2 is 2.00 bits per heavy atom. The van der Waals surface area contributed by atoms with E-state index in [1.165, 1.54) is 19.3 Å². The van der Waals surface area contributed by atoms with Gasteiger partial charge in [0, 0.05) is 12.5 Å². The highest BCUT2D eigenvalue weighted by atomic mass is 16.5.